The van der Waals surface area contributed by atoms with Crippen molar-refractivity contribution < 1.29 is 0 Å². The maximum atomic E-state index is 3.69. The Morgan fingerprint density at radius 1 is 1.06 bits per heavy atom. The van der Waals surface area contributed by atoms with Crippen molar-refractivity contribution in [2.75, 3.05) is 19.6 Å². The molecule has 0 aliphatic carbocycles. The van der Waals surface area contributed by atoms with Crippen LogP contribution in [-0.4, -0.2) is 36.6 Å². The molecule has 1 aliphatic rings. The van der Waals surface area contributed by atoms with Gasteiger partial charge in [-0.25, -0.2) is 0 Å². The molecule has 0 spiro atoms. The van der Waals surface area contributed by atoms with Gasteiger partial charge < -0.3 is 5.32 Å². The van der Waals surface area contributed by atoms with Crippen molar-refractivity contribution in [1.29, 1.82) is 0 Å². The van der Waals surface area contributed by atoms with Crippen LogP contribution in [0.5, 0.6) is 0 Å². The smallest absolute Gasteiger partial charge is 0.0218 e. The van der Waals surface area contributed by atoms with Crippen molar-refractivity contribution in [1.82, 2.24) is 10.2 Å². The minimum Gasteiger partial charge on any atom is -0.311 e. The van der Waals surface area contributed by atoms with Crippen molar-refractivity contribution in [3.05, 3.63) is 0 Å². The summed E-state index contributed by atoms with van der Waals surface area (Å²) in [5.74, 6) is 3.11. The Kier molecular flexibility index (Phi) is 6.13. The van der Waals surface area contributed by atoms with E-state index in [1.54, 1.807) is 0 Å². The summed E-state index contributed by atoms with van der Waals surface area (Å²) in [4.78, 5) is 2.71. The minimum absolute atomic E-state index is 0.668. The van der Waals surface area contributed by atoms with Crippen LogP contribution in [0.1, 0.15) is 48.5 Å². The molecule has 1 aliphatic heterocycles. The summed E-state index contributed by atoms with van der Waals surface area (Å²) in [5.41, 5.74) is 0. The van der Waals surface area contributed by atoms with E-state index in [4.69, 9.17) is 0 Å². The fraction of sp³-hybridized carbons (Fsp3) is 1.00. The van der Waals surface area contributed by atoms with Crippen LogP contribution in [0.3, 0.4) is 0 Å². The molecule has 1 saturated heterocycles. The second-order valence-electron chi connectivity index (χ2n) is 7.21. The summed E-state index contributed by atoms with van der Waals surface area (Å²) in [7, 11) is 0. The zero-order valence-corrected chi connectivity index (χ0v) is 13.5. The molecule has 1 fully saturated rings. The number of hydrogen-bond acceptors (Lipinski definition) is 2. The highest BCUT2D eigenvalue weighted by molar-refractivity contribution is 4.87. The monoisotopic (exact) mass is 254 g/mol. The van der Waals surface area contributed by atoms with E-state index in [0.717, 1.165) is 30.2 Å². The summed E-state index contributed by atoms with van der Waals surface area (Å²) in [5, 5.41) is 3.69. The largest absolute Gasteiger partial charge is 0.311 e. The third kappa shape index (κ3) is 4.24. The molecule has 0 radical (unpaired) electrons. The number of hydrogen-bond donors (Lipinski definition) is 1. The topological polar surface area (TPSA) is 15.3 Å². The molecular formula is C16H34N2. The van der Waals surface area contributed by atoms with Crippen molar-refractivity contribution in [2.24, 2.45) is 23.7 Å². The van der Waals surface area contributed by atoms with Gasteiger partial charge in [0.15, 0.2) is 0 Å². The first kappa shape index (κ1) is 16.0. The van der Waals surface area contributed by atoms with E-state index in [1.165, 1.54) is 13.1 Å². The number of rotatable bonds is 5. The maximum Gasteiger partial charge on any atom is 0.0218 e. The van der Waals surface area contributed by atoms with Gasteiger partial charge in [0.25, 0.3) is 0 Å². The fourth-order valence-electron chi connectivity index (χ4n) is 3.11. The van der Waals surface area contributed by atoms with E-state index in [-0.39, 0.29) is 0 Å². The highest BCUT2D eigenvalue weighted by atomic mass is 15.2. The van der Waals surface area contributed by atoms with Crippen LogP contribution in [0.2, 0.25) is 0 Å². The van der Waals surface area contributed by atoms with Gasteiger partial charge in [-0.15, -0.1) is 0 Å². The Morgan fingerprint density at radius 2 is 1.61 bits per heavy atom. The predicted octanol–water partition coefficient (Wildman–Crippen LogP) is 3.23. The van der Waals surface area contributed by atoms with Gasteiger partial charge in [-0.3, -0.25) is 4.90 Å². The zero-order valence-electron chi connectivity index (χ0n) is 13.5. The molecule has 0 bridgehead atoms. The highest BCUT2D eigenvalue weighted by Crippen LogP contribution is 2.24. The average Bonchev–Trinajstić information content (AvgIpc) is 2.26. The lowest BCUT2D eigenvalue weighted by molar-refractivity contribution is 0.0808. The summed E-state index contributed by atoms with van der Waals surface area (Å²) in [6.45, 7) is 20.1. The molecule has 2 unspecified atom stereocenters. The average molecular weight is 254 g/mol. The highest BCUT2D eigenvalue weighted by Gasteiger charge is 2.29. The lowest BCUT2D eigenvalue weighted by Crippen LogP contribution is -2.58. The van der Waals surface area contributed by atoms with E-state index >= 15 is 0 Å². The van der Waals surface area contributed by atoms with E-state index in [1.807, 2.05) is 0 Å². The van der Waals surface area contributed by atoms with E-state index in [0.29, 0.717) is 12.1 Å². The van der Waals surface area contributed by atoms with Crippen LogP contribution in [0.25, 0.3) is 0 Å². The predicted molar refractivity (Wildman–Crippen MR) is 80.8 cm³/mol. The van der Waals surface area contributed by atoms with Crippen molar-refractivity contribution in [3.63, 3.8) is 0 Å². The van der Waals surface area contributed by atoms with Crippen LogP contribution in [0, 0.1) is 23.7 Å². The lowest BCUT2D eigenvalue weighted by Gasteiger charge is -2.43. The summed E-state index contributed by atoms with van der Waals surface area (Å²) in [6, 6.07) is 1.35. The zero-order chi connectivity index (χ0) is 13.9. The van der Waals surface area contributed by atoms with Crippen molar-refractivity contribution in [2.45, 2.75) is 60.5 Å². The van der Waals surface area contributed by atoms with Crippen LogP contribution < -0.4 is 5.32 Å². The molecular weight excluding hydrogens is 220 g/mol. The minimum atomic E-state index is 0.668. The van der Waals surface area contributed by atoms with Gasteiger partial charge in [-0.1, -0.05) is 41.5 Å². The molecule has 1 N–H and O–H groups in total. The molecule has 2 heteroatoms. The summed E-state index contributed by atoms with van der Waals surface area (Å²) < 4.78 is 0. The normalized spacial score (nSPS) is 26.8. The third-order valence-electron chi connectivity index (χ3n) is 4.69. The van der Waals surface area contributed by atoms with Gasteiger partial charge in [-0.2, -0.15) is 0 Å². The van der Waals surface area contributed by atoms with Gasteiger partial charge >= 0.3 is 0 Å². The molecule has 0 aromatic rings. The number of nitrogens with zero attached hydrogens (tertiary/aromatic N) is 1. The fourth-order valence-corrected chi connectivity index (χ4v) is 3.11. The van der Waals surface area contributed by atoms with E-state index < -0.39 is 0 Å². The Hall–Kier alpha value is -0.0800. The molecule has 0 saturated carbocycles. The standard InChI is InChI=1S/C16H34N2/c1-11(2)15(12(3)4)9-18-10-16(13(5)6)17-8-14(18)7/h11-17H,8-10H2,1-7H3. The van der Waals surface area contributed by atoms with Gasteiger partial charge in [0.05, 0.1) is 0 Å². The first-order chi connectivity index (χ1) is 8.32. The lowest BCUT2D eigenvalue weighted by atomic mass is 9.84. The van der Waals surface area contributed by atoms with E-state index in [9.17, 15) is 0 Å². The van der Waals surface area contributed by atoms with Gasteiger partial charge in [0, 0.05) is 31.7 Å². The Morgan fingerprint density at radius 3 is 2.06 bits per heavy atom. The van der Waals surface area contributed by atoms with Crippen LogP contribution in [0.4, 0.5) is 0 Å². The number of piperazine rings is 1. The molecule has 0 aromatic heterocycles. The second-order valence-corrected chi connectivity index (χ2v) is 7.21. The molecule has 1 heterocycles. The molecule has 0 aromatic carbocycles. The second kappa shape index (κ2) is 6.91. The molecule has 0 amide bonds. The Bertz CT molecular complexity index is 227. The molecule has 2 nitrogen and oxygen atoms in total. The Labute approximate surface area is 115 Å². The van der Waals surface area contributed by atoms with Crippen LogP contribution in [-0.2, 0) is 0 Å². The first-order valence-corrected chi connectivity index (χ1v) is 7.80. The third-order valence-corrected chi connectivity index (χ3v) is 4.69. The van der Waals surface area contributed by atoms with Gasteiger partial charge in [0.1, 0.15) is 0 Å². The van der Waals surface area contributed by atoms with Crippen molar-refractivity contribution in [3.8, 4) is 0 Å². The van der Waals surface area contributed by atoms with Crippen LogP contribution >= 0.6 is 0 Å². The SMILES string of the molecule is CC(C)C1CN(CC(C(C)C)C(C)C)C(C)CN1. The quantitative estimate of drug-likeness (QED) is 0.810. The van der Waals surface area contributed by atoms with Crippen LogP contribution in [0.15, 0.2) is 0 Å². The van der Waals surface area contributed by atoms with Gasteiger partial charge in [0.2, 0.25) is 0 Å². The van der Waals surface area contributed by atoms with Gasteiger partial charge in [-0.05, 0) is 30.6 Å². The summed E-state index contributed by atoms with van der Waals surface area (Å²) in [6.07, 6.45) is 0. The Balaban J connectivity index is 2.62. The number of nitrogens with one attached hydrogen (secondary N) is 1. The maximum absolute atomic E-state index is 3.69. The molecule has 1 rings (SSSR count). The molecule has 18 heavy (non-hydrogen) atoms. The van der Waals surface area contributed by atoms with Crippen molar-refractivity contribution >= 4 is 0 Å². The van der Waals surface area contributed by atoms with E-state index in [2.05, 4.69) is 58.7 Å². The molecule has 2 atom stereocenters. The summed E-state index contributed by atoms with van der Waals surface area (Å²) >= 11 is 0. The first-order valence-electron chi connectivity index (χ1n) is 7.80. The molecule has 108 valence electrons.